The molecule has 2 unspecified atom stereocenters. The Labute approximate surface area is 145 Å². The SMILES string of the molecule is CCC1COC(CBr)(c2ccc(Oc3ccc(C)cc3)cc2)O1. The van der Waals surface area contributed by atoms with E-state index in [0.717, 1.165) is 23.5 Å². The maximum Gasteiger partial charge on any atom is 0.205 e. The van der Waals surface area contributed by atoms with Crippen LogP contribution in [0.25, 0.3) is 0 Å². The minimum absolute atomic E-state index is 0.149. The molecule has 0 bridgehead atoms. The molecule has 4 heteroatoms. The summed E-state index contributed by atoms with van der Waals surface area (Å²) < 4.78 is 17.9. The van der Waals surface area contributed by atoms with Gasteiger partial charge in [0.15, 0.2) is 0 Å². The number of ether oxygens (including phenoxy) is 3. The standard InChI is InChI=1S/C19H21BrO3/c1-3-16-12-21-19(13-20,23-16)15-6-10-18(11-7-15)22-17-8-4-14(2)5-9-17/h4-11,16H,3,12-13H2,1-2H3. The molecule has 1 saturated heterocycles. The van der Waals surface area contributed by atoms with E-state index in [-0.39, 0.29) is 6.10 Å². The predicted octanol–water partition coefficient (Wildman–Crippen LogP) is 5.16. The molecule has 2 aromatic rings. The molecule has 2 atom stereocenters. The highest BCUT2D eigenvalue weighted by Crippen LogP contribution is 2.37. The molecule has 0 aliphatic carbocycles. The first-order chi connectivity index (χ1) is 11.1. The molecular formula is C19H21BrO3. The second-order valence-electron chi connectivity index (χ2n) is 5.79. The Morgan fingerprint density at radius 1 is 1.09 bits per heavy atom. The lowest BCUT2D eigenvalue weighted by Gasteiger charge is -2.26. The summed E-state index contributed by atoms with van der Waals surface area (Å²) >= 11 is 3.52. The molecule has 122 valence electrons. The molecule has 1 heterocycles. The van der Waals surface area contributed by atoms with E-state index in [9.17, 15) is 0 Å². The van der Waals surface area contributed by atoms with Crippen LogP contribution in [0.5, 0.6) is 11.5 Å². The van der Waals surface area contributed by atoms with Crippen molar-refractivity contribution in [3.63, 3.8) is 0 Å². The summed E-state index contributed by atoms with van der Waals surface area (Å²) in [5.74, 6) is 0.939. The van der Waals surface area contributed by atoms with Crippen molar-refractivity contribution < 1.29 is 14.2 Å². The largest absolute Gasteiger partial charge is 0.457 e. The van der Waals surface area contributed by atoms with Crippen molar-refractivity contribution in [1.82, 2.24) is 0 Å². The highest BCUT2D eigenvalue weighted by atomic mass is 79.9. The molecule has 1 aliphatic rings. The van der Waals surface area contributed by atoms with E-state index < -0.39 is 5.79 Å². The van der Waals surface area contributed by atoms with E-state index in [4.69, 9.17) is 14.2 Å². The summed E-state index contributed by atoms with van der Waals surface area (Å²) in [7, 11) is 0. The van der Waals surface area contributed by atoms with Gasteiger partial charge in [0, 0.05) is 5.56 Å². The Bertz CT molecular complexity index is 639. The van der Waals surface area contributed by atoms with Crippen LogP contribution in [0.2, 0.25) is 0 Å². The van der Waals surface area contributed by atoms with E-state index in [1.165, 1.54) is 5.56 Å². The van der Waals surface area contributed by atoms with E-state index >= 15 is 0 Å². The van der Waals surface area contributed by atoms with Crippen LogP contribution in [0.15, 0.2) is 48.5 Å². The van der Waals surface area contributed by atoms with E-state index in [1.54, 1.807) is 0 Å². The number of hydrogen-bond acceptors (Lipinski definition) is 3. The third-order valence-corrected chi connectivity index (χ3v) is 4.78. The molecule has 2 aromatic carbocycles. The Balaban J connectivity index is 1.75. The van der Waals surface area contributed by atoms with Gasteiger partial charge in [-0.2, -0.15) is 0 Å². The molecule has 0 aromatic heterocycles. The van der Waals surface area contributed by atoms with Gasteiger partial charge in [-0.05, 0) is 49.7 Å². The maximum absolute atomic E-state index is 6.09. The number of rotatable bonds is 5. The summed E-state index contributed by atoms with van der Waals surface area (Å²) in [5, 5.41) is 0.606. The fraction of sp³-hybridized carbons (Fsp3) is 0.368. The van der Waals surface area contributed by atoms with Crippen LogP contribution < -0.4 is 4.74 Å². The first kappa shape index (κ1) is 16.5. The number of alkyl halides is 1. The minimum Gasteiger partial charge on any atom is -0.457 e. The predicted molar refractivity (Wildman–Crippen MR) is 94.3 cm³/mol. The van der Waals surface area contributed by atoms with Crippen molar-refractivity contribution in [2.75, 3.05) is 11.9 Å². The topological polar surface area (TPSA) is 27.7 Å². The molecule has 0 amide bonds. The maximum atomic E-state index is 6.09. The summed E-state index contributed by atoms with van der Waals surface area (Å²) in [6.07, 6.45) is 1.10. The summed E-state index contributed by atoms with van der Waals surface area (Å²) in [5.41, 5.74) is 2.22. The van der Waals surface area contributed by atoms with Crippen molar-refractivity contribution in [3.05, 3.63) is 59.7 Å². The van der Waals surface area contributed by atoms with Gasteiger partial charge in [0.25, 0.3) is 0 Å². The first-order valence-corrected chi connectivity index (χ1v) is 9.00. The van der Waals surface area contributed by atoms with Gasteiger partial charge in [-0.3, -0.25) is 0 Å². The van der Waals surface area contributed by atoms with Crippen molar-refractivity contribution in [3.8, 4) is 11.5 Å². The lowest BCUT2D eigenvalue weighted by atomic mass is 10.1. The van der Waals surface area contributed by atoms with Crippen molar-refractivity contribution in [2.45, 2.75) is 32.2 Å². The lowest BCUT2D eigenvalue weighted by molar-refractivity contribution is -0.156. The van der Waals surface area contributed by atoms with Gasteiger partial charge in [0.2, 0.25) is 5.79 Å². The zero-order chi connectivity index (χ0) is 16.3. The average Bonchev–Trinajstić information content (AvgIpc) is 3.03. The molecule has 1 fully saturated rings. The highest BCUT2D eigenvalue weighted by Gasteiger charge is 2.41. The van der Waals surface area contributed by atoms with Crippen LogP contribution in [-0.2, 0) is 15.3 Å². The lowest BCUT2D eigenvalue weighted by Crippen LogP contribution is -2.29. The van der Waals surface area contributed by atoms with Gasteiger partial charge < -0.3 is 14.2 Å². The van der Waals surface area contributed by atoms with Crippen LogP contribution in [0.1, 0.15) is 24.5 Å². The van der Waals surface area contributed by atoms with Gasteiger partial charge in [0.1, 0.15) is 11.5 Å². The van der Waals surface area contributed by atoms with Crippen LogP contribution >= 0.6 is 15.9 Å². The quantitative estimate of drug-likeness (QED) is 0.674. The van der Waals surface area contributed by atoms with Gasteiger partial charge >= 0.3 is 0 Å². The van der Waals surface area contributed by atoms with Crippen molar-refractivity contribution >= 4 is 15.9 Å². The number of benzene rings is 2. The van der Waals surface area contributed by atoms with E-state index in [2.05, 4.69) is 29.8 Å². The van der Waals surface area contributed by atoms with Crippen LogP contribution in [0.3, 0.4) is 0 Å². The Hall–Kier alpha value is -1.36. The zero-order valence-corrected chi connectivity index (χ0v) is 15.0. The van der Waals surface area contributed by atoms with Gasteiger partial charge in [0.05, 0.1) is 18.0 Å². The number of halogens is 1. The zero-order valence-electron chi connectivity index (χ0n) is 13.4. The highest BCUT2D eigenvalue weighted by molar-refractivity contribution is 9.09. The van der Waals surface area contributed by atoms with E-state index in [0.29, 0.717) is 11.9 Å². The molecule has 0 saturated carbocycles. The minimum atomic E-state index is -0.691. The Morgan fingerprint density at radius 3 is 2.22 bits per heavy atom. The fourth-order valence-electron chi connectivity index (χ4n) is 2.58. The summed E-state index contributed by atoms with van der Waals surface area (Å²) in [6, 6.07) is 15.9. The van der Waals surface area contributed by atoms with Gasteiger partial charge in [-0.15, -0.1) is 0 Å². The van der Waals surface area contributed by atoms with Crippen molar-refractivity contribution in [2.24, 2.45) is 0 Å². The van der Waals surface area contributed by atoms with Gasteiger partial charge in [-0.1, -0.05) is 40.5 Å². The molecule has 0 N–H and O–H groups in total. The molecule has 3 nitrogen and oxygen atoms in total. The van der Waals surface area contributed by atoms with Crippen LogP contribution in [-0.4, -0.2) is 18.0 Å². The molecule has 1 aliphatic heterocycles. The number of hydrogen-bond donors (Lipinski definition) is 0. The number of aryl methyl sites for hydroxylation is 1. The Kier molecular flexibility index (Phi) is 5.05. The fourth-order valence-corrected chi connectivity index (χ4v) is 3.20. The third-order valence-electron chi connectivity index (χ3n) is 4.04. The second kappa shape index (κ2) is 7.04. The molecule has 0 radical (unpaired) electrons. The van der Waals surface area contributed by atoms with Gasteiger partial charge in [-0.25, -0.2) is 0 Å². The van der Waals surface area contributed by atoms with Crippen LogP contribution in [0, 0.1) is 6.92 Å². The monoisotopic (exact) mass is 376 g/mol. The Morgan fingerprint density at radius 2 is 1.70 bits per heavy atom. The average molecular weight is 377 g/mol. The molecule has 0 spiro atoms. The third kappa shape index (κ3) is 3.60. The summed E-state index contributed by atoms with van der Waals surface area (Å²) in [6.45, 7) is 4.80. The van der Waals surface area contributed by atoms with E-state index in [1.807, 2.05) is 48.5 Å². The normalized spacial score (nSPS) is 23.9. The molecule has 3 rings (SSSR count). The van der Waals surface area contributed by atoms with Crippen molar-refractivity contribution in [1.29, 1.82) is 0 Å². The second-order valence-corrected chi connectivity index (χ2v) is 6.35. The molecular weight excluding hydrogens is 356 g/mol. The molecule has 23 heavy (non-hydrogen) atoms. The smallest absolute Gasteiger partial charge is 0.205 e. The first-order valence-electron chi connectivity index (χ1n) is 7.88. The van der Waals surface area contributed by atoms with Crippen LogP contribution in [0.4, 0.5) is 0 Å². The summed E-state index contributed by atoms with van der Waals surface area (Å²) in [4.78, 5) is 0.